The molecule has 0 atom stereocenters. The second-order valence-corrected chi connectivity index (χ2v) is 9.02. The molecular formula is C21H20ClN3O4S. The second-order valence-electron chi connectivity index (χ2n) is 7.53. The molecule has 0 unspecified atom stereocenters. The van der Waals surface area contributed by atoms with Crippen LogP contribution in [0.2, 0.25) is 5.02 Å². The molecule has 0 aliphatic rings. The molecule has 9 heteroatoms. The highest BCUT2D eigenvalue weighted by Crippen LogP contribution is 2.40. The fourth-order valence-electron chi connectivity index (χ4n) is 2.69. The van der Waals surface area contributed by atoms with E-state index in [1.807, 2.05) is 58.0 Å². The molecule has 0 saturated carbocycles. The number of aromatic nitrogens is 2. The van der Waals surface area contributed by atoms with Crippen molar-refractivity contribution in [1.82, 2.24) is 9.78 Å². The van der Waals surface area contributed by atoms with Crippen LogP contribution >= 0.6 is 23.4 Å². The predicted molar refractivity (Wildman–Crippen MR) is 116 cm³/mol. The molecule has 0 aliphatic heterocycles. The van der Waals surface area contributed by atoms with Crippen LogP contribution in [0.1, 0.15) is 36.8 Å². The molecule has 0 bridgehead atoms. The molecule has 30 heavy (non-hydrogen) atoms. The normalized spacial score (nSPS) is 11.4. The molecule has 0 spiro atoms. The Hall–Kier alpha value is -2.84. The van der Waals surface area contributed by atoms with E-state index in [1.54, 1.807) is 4.68 Å². The van der Waals surface area contributed by atoms with Gasteiger partial charge in [-0.05, 0) is 45.9 Å². The van der Waals surface area contributed by atoms with Crippen molar-refractivity contribution in [2.24, 2.45) is 0 Å². The van der Waals surface area contributed by atoms with Gasteiger partial charge in [-0.1, -0.05) is 41.6 Å². The van der Waals surface area contributed by atoms with Gasteiger partial charge in [0.05, 0.1) is 31.6 Å². The number of nitro benzene ring substituents is 1. The maximum atomic E-state index is 12.9. The summed E-state index contributed by atoms with van der Waals surface area (Å²) in [4.78, 5) is 25.1. The number of halogens is 1. The van der Waals surface area contributed by atoms with Crippen LogP contribution in [0, 0.1) is 17.0 Å². The number of hydrogen-bond acceptors (Lipinski definition) is 6. The lowest BCUT2D eigenvalue weighted by Gasteiger charge is -2.22. The molecule has 0 radical (unpaired) electrons. The van der Waals surface area contributed by atoms with Gasteiger partial charge in [-0.15, -0.1) is 0 Å². The maximum absolute atomic E-state index is 12.9. The number of carbonyl (C=O) groups is 1. The summed E-state index contributed by atoms with van der Waals surface area (Å²) in [5.74, 6) is -0.523. The molecule has 1 heterocycles. The molecule has 0 saturated heterocycles. The zero-order valence-electron chi connectivity index (χ0n) is 16.9. The SMILES string of the molecule is Cc1nn(C(C)(C)C)c(OC(=O)c2cc([N+](=O)[O-])ccc2Cl)c1Sc1ccccc1. The van der Waals surface area contributed by atoms with Crippen molar-refractivity contribution in [2.45, 2.75) is 43.0 Å². The topological polar surface area (TPSA) is 87.3 Å². The number of hydrogen-bond donors (Lipinski definition) is 0. The number of esters is 1. The van der Waals surface area contributed by atoms with E-state index in [1.165, 1.54) is 23.9 Å². The zero-order valence-corrected chi connectivity index (χ0v) is 18.5. The van der Waals surface area contributed by atoms with Crippen LogP contribution in [0.4, 0.5) is 5.69 Å². The highest BCUT2D eigenvalue weighted by Gasteiger charge is 2.28. The van der Waals surface area contributed by atoms with Gasteiger partial charge >= 0.3 is 5.97 Å². The molecule has 0 amide bonds. The molecule has 0 aliphatic carbocycles. The lowest BCUT2D eigenvalue weighted by Crippen LogP contribution is -2.25. The Balaban J connectivity index is 2.05. The highest BCUT2D eigenvalue weighted by molar-refractivity contribution is 7.99. The van der Waals surface area contributed by atoms with Gasteiger partial charge in [0.1, 0.15) is 0 Å². The Morgan fingerprint density at radius 2 is 1.87 bits per heavy atom. The van der Waals surface area contributed by atoms with E-state index in [-0.39, 0.29) is 22.2 Å². The largest absolute Gasteiger partial charge is 0.403 e. The van der Waals surface area contributed by atoms with Gasteiger partial charge in [0.2, 0.25) is 5.88 Å². The third kappa shape index (κ3) is 4.66. The molecule has 3 rings (SSSR count). The standard InChI is InChI=1S/C21H20ClN3O4S/c1-13-18(30-15-8-6-5-7-9-15)19(24(23-13)21(2,3)4)29-20(26)16-12-14(25(27)28)10-11-17(16)22/h5-12H,1-4H3. The van der Waals surface area contributed by atoms with Gasteiger partial charge in [-0.25, -0.2) is 9.48 Å². The summed E-state index contributed by atoms with van der Waals surface area (Å²) in [5, 5.41) is 15.7. The first kappa shape index (κ1) is 21.9. The van der Waals surface area contributed by atoms with Crippen molar-refractivity contribution in [1.29, 1.82) is 0 Å². The number of ether oxygens (including phenoxy) is 1. The Kier molecular flexibility index (Phi) is 6.19. The minimum Gasteiger partial charge on any atom is -0.403 e. The van der Waals surface area contributed by atoms with Crippen LogP contribution < -0.4 is 4.74 Å². The van der Waals surface area contributed by atoms with Crippen molar-refractivity contribution in [3.05, 3.63) is 74.9 Å². The van der Waals surface area contributed by atoms with Gasteiger partial charge in [0.25, 0.3) is 5.69 Å². The number of rotatable bonds is 5. The van der Waals surface area contributed by atoms with Gasteiger partial charge in [-0.3, -0.25) is 10.1 Å². The fourth-order valence-corrected chi connectivity index (χ4v) is 3.81. The molecule has 0 N–H and O–H groups in total. The minimum absolute atomic E-state index is 0.0707. The number of non-ortho nitro benzene ring substituents is 1. The summed E-state index contributed by atoms with van der Waals surface area (Å²) < 4.78 is 7.37. The first-order chi connectivity index (χ1) is 14.1. The van der Waals surface area contributed by atoms with E-state index in [0.717, 1.165) is 11.0 Å². The summed E-state index contributed by atoms with van der Waals surface area (Å²) in [6, 6.07) is 13.3. The van der Waals surface area contributed by atoms with Crippen molar-refractivity contribution >= 4 is 35.0 Å². The predicted octanol–water partition coefficient (Wildman–Crippen LogP) is 5.88. The molecular weight excluding hydrogens is 426 g/mol. The number of benzene rings is 2. The Morgan fingerprint density at radius 3 is 2.47 bits per heavy atom. The summed E-state index contributed by atoms with van der Waals surface area (Å²) >= 11 is 7.54. The van der Waals surface area contributed by atoms with E-state index in [0.29, 0.717) is 10.6 Å². The fraction of sp³-hybridized carbons (Fsp3) is 0.238. The van der Waals surface area contributed by atoms with Crippen LogP contribution in [0.3, 0.4) is 0 Å². The van der Waals surface area contributed by atoms with Crippen molar-refractivity contribution in [3.63, 3.8) is 0 Å². The van der Waals surface area contributed by atoms with Crippen LogP contribution in [-0.4, -0.2) is 20.7 Å². The first-order valence-corrected chi connectivity index (χ1v) is 10.3. The van der Waals surface area contributed by atoms with Crippen molar-refractivity contribution in [2.75, 3.05) is 0 Å². The van der Waals surface area contributed by atoms with E-state index in [9.17, 15) is 14.9 Å². The summed E-state index contributed by atoms with van der Waals surface area (Å²) in [5.41, 5.74) is -0.0965. The molecule has 2 aromatic carbocycles. The lowest BCUT2D eigenvalue weighted by molar-refractivity contribution is -0.384. The van der Waals surface area contributed by atoms with Gasteiger partial charge in [-0.2, -0.15) is 5.10 Å². The number of carbonyl (C=O) groups excluding carboxylic acids is 1. The Bertz CT molecular complexity index is 1110. The lowest BCUT2D eigenvalue weighted by atomic mass is 10.1. The third-order valence-electron chi connectivity index (χ3n) is 4.13. The van der Waals surface area contributed by atoms with E-state index < -0.39 is 16.4 Å². The smallest absolute Gasteiger partial charge is 0.346 e. The average molecular weight is 446 g/mol. The van der Waals surface area contributed by atoms with Crippen molar-refractivity contribution in [3.8, 4) is 5.88 Å². The number of nitrogens with zero attached hydrogens (tertiary/aromatic N) is 3. The average Bonchev–Trinajstić information content (AvgIpc) is 2.98. The molecule has 1 aromatic heterocycles. The van der Waals surface area contributed by atoms with E-state index in [4.69, 9.17) is 16.3 Å². The van der Waals surface area contributed by atoms with Gasteiger partial charge < -0.3 is 4.74 Å². The number of aryl methyl sites for hydroxylation is 1. The second kappa shape index (κ2) is 8.49. The number of nitro groups is 1. The van der Waals surface area contributed by atoms with Crippen LogP contribution in [0.5, 0.6) is 5.88 Å². The monoisotopic (exact) mass is 445 g/mol. The van der Waals surface area contributed by atoms with Crippen molar-refractivity contribution < 1.29 is 14.5 Å². The van der Waals surface area contributed by atoms with Crippen LogP contribution in [0.25, 0.3) is 0 Å². The van der Waals surface area contributed by atoms with Crippen LogP contribution in [0.15, 0.2) is 58.3 Å². The quantitative estimate of drug-likeness (QED) is 0.277. The molecule has 0 fully saturated rings. The third-order valence-corrected chi connectivity index (χ3v) is 5.65. The van der Waals surface area contributed by atoms with Crippen LogP contribution in [-0.2, 0) is 5.54 Å². The van der Waals surface area contributed by atoms with E-state index >= 15 is 0 Å². The van der Waals surface area contributed by atoms with E-state index in [2.05, 4.69) is 5.10 Å². The Morgan fingerprint density at radius 1 is 1.20 bits per heavy atom. The van der Waals surface area contributed by atoms with Gasteiger partial charge in [0, 0.05) is 17.0 Å². The van der Waals surface area contributed by atoms with Gasteiger partial charge in [0.15, 0.2) is 0 Å². The summed E-state index contributed by atoms with van der Waals surface area (Å²) in [6.07, 6.45) is 0. The molecule has 7 nitrogen and oxygen atoms in total. The molecule has 156 valence electrons. The first-order valence-electron chi connectivity index (χ1n) is 9.07. The highest BCUT2D eigenvalue weighted by atomic mass is 35.5. The maximum Gasteiger partial charge on any atom is 0.346 e. The minimum atomic E-state index is -0.788. The zero-order chi connectivity index (χ0) is 22.1. The Labute approximate surface area is 183 Å². The summed E-state index contributed by atoms with van der Waals surface area (Å²) in [7, 11) is 0. The summed E-state index contributed by atoms with van der Waals surface area (Å²) in [6.45, 7) is 7.65. The molecule has 3 aromatic rings.